The van der Waals surface area contributed by atoms with E-state index in [1.54, 1.807) is 36.0 Å². The van der Waals surface area contributed by atoms with E-state index in [9.17, 15) is 4.79 Å². The van der Waals surface area contributed by atoms with Gasteiger partial charge in [0.05, 0.1) is 0 Å². The quantitative estimate of drug-likeness (QED) is 0.274. The zero-order chi connectivity index (χ0) is 23.8. The number of rotatable bonds is 8. The topological polar surface area (TPSA) is 29.1 Å². The van der Waals surface area contributed by atoms with Crippen molar-refractivity contribution >= 4 is 52.4 Å². The lowest BCUT2D eigenvalue weighted by atomic mass is 10.2. The van der Waals surface area contributed by atoms with Gasteiger partial charge in [-0.15, -0.1) is 11.8 Å². The summed E-state index contributed by atoms with van der Waals surface area (Å²) in [4.78, 5) is 13.5. The number of nitrogens with one attached hydrogen (secondary N) is 1. The van der Waals surface area contributed by atoms with Crippen molar-refractivity contribution in [1.29, 1.82) is 0 Å². The molecular weight excluding hydrogens is 477 g/mol. The molecule has 0 fully saturated rings. The Morgan fingerprint density at radius 2 is 1.21 bits per heavy atom. The Balaban J connectivity index is 1.97. The molecule has 0 unspecified atom stereocenters. The molecule has 4 rings (SSSR count). The summed E-state index contributed by atoms with van der Waals surface area (Å²) in [7, 11) is -2.39. The Hall–Kier alpha value is -2.84. The van der Waals surface area contributed by atoms with Crippen LogP contribution < -0.4 is 21.2 Å². The van der Waals surface area contributed by atoms with Crippen LogP contribution in [-0.4, -0.2) is 11.7 Å². The van der Waals surface area contributed by atoms with Gasteiger partial charge in [-0.3, -0.25) is 10.1 Å². The van der Waals surface area contributed by atoms with E-state index in [1.807, 2.05) is 18.2 Å². The zero-order valence-electron chi connectivity index (χ0n) is 18.9. The molecule has 2 nitrogen and oxygen atoms in total. The lowest BCUT2D eigenvalue weighted by Gasteiger charge is -2.29. The summed E-state index contributed by atoms with van der Waals surface area (Å²) < 4.78 is 0. The van der Waals surface area contributed by atoms with Gasteiger partial charge in [0, 0.05) is 16.0 Å². The summed E-state index contributed by atoms with van der Waals surface area (Å²) >= 11 is 7.76. The van der Waals surface area contributed by atoms with Crippen molar-refractivity contribution in [2.24, 2.45) is 0 Å². The highest BCUT2D eigenvalue weighted by molar-refractivity contribution is 8.04. The van der Waals surface area contributed by atoms with Gasteiger partial charge in [-0.1, -0.05) is 73.1 Å². The first-order chi connectivity index (χ1) is 16.7. The van der Waals surface area contributed by atoms with Crippen molar-refractivity contribution in [2.45, 2.75) is 6.92 Å². The van der Waals surface area contributed by atoms with E-state index < -0.39 is 7.26 Å². The summed E-state index contributed by atoms with van der Waals surface area (Å²) in [5.74, 6) is 0.755. The molecule has 5 heteroatoms. The molecule has 1 amide bonds. The molecule has 0 aromatic heterocycles. The first kappa shape index (κ1) is 24.3. The van der Waals surface area contributed by atoms with Crippen molar-refractivity contribution in [3.63, 3.8) is 0 Å². The molecule has 0 radical (unpaired) electrons. The maximum atomic E-state index is 13.5. The molecular formula is C29H26ClNOPS+. The average molecular weight is 503 g/mol. The smallest absolute Gasteiger partial charge is 0.258 e. The maximum absolute atomic E-state index is 13.5. The van der Waals surface area contributed by atoms with Crippen molar-refractivity contribution < 1.29 is 4.79 Å². The Kier molecular flexibility index (Phi) is 8.24. The van der Waals surface area contributed by atoms with Crippen LogP contribution in [0.3, 0.4) is 0 Å². The molecule has 0 aliphatic heterocycles. The van der Waals surface area contributed by atoms with Crippen molar-refractivity contribution in [1.82, 2.24) is 5.32 Å². The lowest BCUT2D eigenvalue weighted by molar-refractivity contribution is 0.0968. The van der Waals surface area contributed by atoms with Crippen LogP contribution in [-0.2, 0) is 0 Å². The molecule has 0 aliphatic rings. The molecule has 0 saturated heterocycles. The third-order valence-electron chi connectivity index (χ3n) is 5.50. The number of thioether (sulfide) groups is 1. The molecule has 170 valence electrons. The minimum atomic E-state index is -2.39. The Morgan fingerprint density at radius 1 is 0.765 bits per heavy atom. The first-order valence-electron chi connectivity index (χ1n) is 11.1. The van der Waals surface area contributed by atoms with Crippen molar-refractivity contribution in [2.75, 3.05) is 5.75 Å². The largest absolute Gasteiger partial charge is 0.292 e. The highest BCUT2D eigenvalue weighted by Gasteiger charge is 2.50. The summed E-state index contributed by atoms with van der Waals surface area (Å²) in [5.41, 5.74) is 1.49. The molecule has 4 aromatic carbocycles. The maximum Gasteiger partial charge on any atom is 0.258 e. The highest BCUT2D eigenvalue weighted by atomic mass is 35.5. The second-order valence-electron chi connectivity index (χ2n) is 7.60. The third kappa shape index (κ3) is 5.13. The van der Waals surface area contributed by atoms with Gasteiger partial charge >= 0.3 is 0 Å². The van der Waals surface area contributed by atoms with Crippen LogP contribution in [0.5, 0.6) is 0 Å². The van der Waals surface area contributed by atoms with Crippen LogP contribution in [0.25, 0.3) is 0 Å². The Morgan fingerprint density at radius 3 is 1.62 bits per heavy atom. The number of carbonyl (C=O) groups is 1. The number of carbonyl (C=O) groups excluding carboxylic acids is 1. The summed E-state index contributed by atoms with van der Waals surface area (Å²) in [5, 5.41) is 9.63. The van der Waals surface area contributed by atoms with Gasteiger partial charge in [0.15, 0.2) is 12.7 Å². The zero-order valence-corrected chi connectivity index (χ0v) is 21.4. The number of benzene rings is 4. The molecule has 0 heterocycles. The molecule has 0 bridgehead atoms. The Labute approximate surface area is 211 Å². The number of hydrogen-bond acceptors (Lipinski definition) is 2. The van der Waals surface area contributed by atoms with Gasteiger partial charge in [0.1, 0.15) is 15.9 Å². The van der Waals surface area contributed by atoms with Gasteiger partial charge in [-0.2, -0.15) is 0 Å². The van der Waals surface area contributed by atoms with Gasteiger partial charge in [-0.25, -0.2) is 0 Å². The molecule has 1 N–H and O–H groups in total. The minimum Gasteiger partial charge on any atom is -0.292 e. The first-order valence-corrected chi connectivity index (χ1v) is 14.3. The Bertz CT molecular complexity index is 1150. The molecule has 0 spiro atoms. The van der Waals surface area contributed by atoms with E-state index in [-0.39, 0.29) is 5.91 Å². The van der Waals surface area contributed by atoms with Crippen LogP contribution in [0.4, 0.5) is 0 Å². The van der Waals surface area contributed by atoms with Gasteiger partial charge < -0.3 is 0 Å². The number of hydrogen-bond donors (Lipinski definition) is 1. The molecule has 0 aliphatic carbocycles. The molecule has 0 atom stereocenters. The summed E-state index contributed by atoms with van der Waals surface area (Å²) in [6.07, 6.45) is 0. The summed E-state index contributed by atoms with van der Waals surface area (Å²) in [6.45, 7) is 2.12. The average Bonchev–Trinajstić information content (AvgIpc) is 2.90. The SMILES string of the molecule is CCSC=C(NC(=O)c1ccc(Cl)cc1)[P+](c1ccccc1)(c1ccccc1)c1ccccc1. The van der Waals surface area contributed by atoms with Crippen LogP contribution in [0.15, 0.2) is 126 Å². The molecule has 0 saturated carbocycles. The third-order valence-corrected chi connectivity index (χ3v) is 10.8. The summed E-state index contributed by atoms with van der Waals surface area (Å²) in [6, 6.07) is 38.6. The van der Waals surface area contributed by atoms with E-state index in [1.165, 1.54) is 15.9 Å². The van der Waals surface area contributed by atoms with Crippen molar-refractivity contribution in [3.8, 4) is 0 Å². The van der Waals surface area contributed by atoms with E-state index in [0.717, 1.165) is 11.2 Å². The predicted octanol–water partition coefficient (Wildman–Crippen LogP) is 6.62. The van der Waals surface area contributed by atoms with Crippen LogP contribution in [0, 0.1) is 0 Å². The standard InChI is InChI=1S/C29H25ClNOPS/c1-2-34-22-28(31-29(32)23-18-20-24(30)21-19-23)33(25-12-6-3-7-13-25,26-14-8-4-9-15-26)27-16-10-5-11-17-27/h3-22H,2H2,1H3/p+1. The second-order valence-corrected chi connectivity index (χ2v) is 12.6. The second kappa shape index (κ2) is 11.5. The molecule has 4 aromatic rings. The van der Waals surface area contributed by atoms with Crippen molar-refractivity contribution in [3.05, 3.63) is 137 Å². The predicted molar refractivity (Wildman–Crippen MR) is 150 cm³/mol. The monoisotopic (exact) mass is 502 g/mol. The van der Waals surface area contributed by atoms with E-state index in [4.69, 9.17) is 11.6 Å². The van der Waals surface area contributed by atoms with E-state index >= 15 is 0 Å². The fraction of sp³-hybridized carbons (Fsp3) is 0.0690. The highest BCUT2D eigenvalue weighted by Crippen LogP contribution is 2.61. The lowest BCUT2D eigenvalue weighted by Crippen LogP contribution is -2.38. The van der Waals surface area contributed by atoms with Crippen LogP contribution in [0.2, 0.25) is 5.02 Å². The minimum absolute atomic E-state index is 0.146. The van der Waals surface area contributed by atoms with E-state index in [2.05, 4.69) is 90.4 Å². The van der Waals surface area contributed by atoms with Crippen LogP contribution >= 0.6 is 30.6 Å². The van der Waals surface area contributed by atoms with Gasteiger partial charge in [0.25, 0.3) is 5.91 Å². The normalized spacial score (nSPS) is 11.8. The van der Waals surface area contributed by atoms with Crippen LogP contribution in [0.1, 0.15) is 17.3 Å². The van der Waals surface area contributed by atoms with Gasteiger partial charge in [-0.05, 0) is 66.4 Å². The fourth-order valence-corrected chi connectivity index (χ4v) is 9.19. The fourth-order valence-electron chi connectivity index (χ4n) is 3.96. The number of amides is 1. The van der Waals surface area contributed by atoms with Gasteiger partial charge in [0.2, 0.25) is 0 Å². The molecule has 34 heavy (non-hydrogen) atoms. The number of halogens is 1. The van der Waals surface area contributed by atoms with E-state index in [0.29, 0.717) is 10.6 Å².